The van der Waals surface area contributed by atoms with E-state index in [-0.39, 0.29) is 17.9 Å². The van der Waals surface area contributed by atoms with Crippen LogP contribution in [0.5, 0.6) is 23.0 Å². The van der Waals surface area contributed by atoms with Crippen LogP contribution >= 0.6 is 0 Å². The van der Waals surface area contributed by atoms with Gasteiger partial charge in [-0.15, -0.1) is 0 Å². The maximum atomic E-state index is 14.0. The number of carboxylic acids is 1. The highest BCUT2D eigenvalue weighted by Gasteiger charge is 2.19. The van der Waals surface area contributed by atoms with Gasteiger partial charge in [-0.05, 0) is 53.1 Å². The third-order valence-corrected chi connectivity index (χ3v) is 5.54. The minimum Gasteiger partial charge on any atom is -0.505 e. The van der Waals surface area contributed by atoms with Gasteiger partial charge < -0.3 is 24.4 Å². The van der Waals surface area contributed by atoms with Crippen LogP contribution in [0.3, 0.4) is 0 Å². The predicted octanol–water partition coefficient (Wildman–Crippen LogP) is 6.16. The molecule has 0 aromatic heterocycles. The second-order valence-electron chi connectivity index (χ2n) is 7.71. The first-order chi connectivity index (χ1) is 16.9. The first-order valence-corrected chi connectivity index (χ1v) is 10.7. The van der Waals surface area contributed by atoms with Crippen molar-refractivity contribution in [3.05, 3.63) is 95.8 Å². The minimum absolute atomic E-state index is 0.00383. The van der Waals surface area contributed by atoms with Crippen molar-refractivity contribution in [1.82, 2.24) is 0 Å². The Balaban J connectivity index is 1.74. The molecule has 0 fully saturated rings. The third kappa shape index (κ3) is 5.04. The van der Waals surface area contributed by atoms with E-state index in [1.165, 1.54) is 32.4 Å². The molecule has 0 saturated carbocycles. The third-order valence-electron chi connectivity index (χ3n) is 5.54. The molecule has 0 unspecified atom stereocenters. The van der Waals surface area contributed by atoms with Crippen molar-refractivity contribution in [1.29, 1.82) is 0 Å². The number of phenols is 1. The number of methoxy groups -OCH3 is 2. The zero-order chi connectivity index (χ0) is 24.9. The summed E-state index contributed by atoms with van der Waals surface area (Å²) in [5.74, 6) is -1.24. The van der Waals surface area contributed by atoms with E-state index in [4.69, 9.17) is 14.2 Å². The first-order valence-electron chi connectivity index (χ1n) is 10.7. The molecule has 0 amide bonds. The molecular formula is C28H23FO6. The molecule has 35 heavy (non-hydrogen) atoms. The van der Waals surface area contributed by atoms with Crippen molar-refractivity contribution in [2.24, 2.45) is 0 Å². The van der Waals surface area contributed by atoms with Gasteiger partial charge in [0.1, 0.15) is 29.4 Å². The van der Waals surface area contributed by atoms with E-state index in [0.717, 1.165) is 5.56 Å². The van der Waals surface area contributed by atoms with Crippen LogP contribution in [-0.4, -0.2) is 30.4 Å². The molecule has 0 aliphatic rings. The highest BCUT2D eigenvalue weighted by Crippen LogP contribution is 2.42. The molecule has 2 N–H and O–H groups in total. The maximum absolute atomic E-state index is 14.0. The number of carboxylic acid groups (broad SMARTS) is 1. The van der Waals surface area contributed by atoms with Gasteiger partial charge in [-0.1, -0.05) is 42.5 Å². The summed E-state index contributed by atoms with van der Waals surface area (Å²) in [6.07, 6.45) is 0. The Bertz CT molecular complexity index is 1370. The largest absolute Gasteiger partial charge is 0.505 e. The van der Waals surface area contributed by atoms with E-state index in [0.29, 0.717) is 33.8 Å². The van der Waals surface area contributed by atoms with E-state index in [1.54, 1.807) is 30.3 Å². The highest BCUT2D eigenvalue weighted by molar-refractivity contribution is 5.93. The van der Waals surface area contributed by atoms with Gasteiger partial charge in [0.15, 0.2) is 11.6 Å². The Labute approximate surface area is 201 Å². The lowest BCUT2D eigenvalue weighted by Crippen LogP contribution is -2.04. The Morgan fingerprint density at radius 1 is 0.800 bits per heavy atom. The summed E-state index contributed by atoms with van der Waals surface area (Å²) in [5, 5.41) is 19.3. The van der Waals surface area contributed by atoms with Crippen LogP contribution in [0.4, 0.5) is 4.39 Å². The lowest BCUT2D eigenvalue weighted by atomic mass is 9.96. The predicted molar refractivity (Wildman–Crippen MR) is 130 cm³/mol. The zero-order valence-corrected chi connectivity index (χ0v) is 19.1. The van der Waals surface area contributed by atoms with E-state index in [2.05, 4.69) is 0 Å². The number of hydrogen-bond donors (Lipinski definition) is 2. The molecule has 0 radical (unpaired) electrons. The van der Waals surface area contributed by atoms with Crippen LogP contribution < -0.4 is 14.2 Å². The van der Waals surface area contributed by atoms with Crippen molar-refractivity contribution in [3.63, 3.8) is 0 Å². The number of phenolic OH excluding ortho intramolecular Hbond substituents is 1. The fraction of sp³-hybridized carbons (Fsp3) is 0.107. The molecule has 4 aromatic rings. The molecule has 0 heterocycles. The quantitative estimate of drug-likeness (QED) is 0.318. The molecule has 6 nitrogen and oxygen atoms in total. The average molecular weight is 474 g/mol. The first kappa shape index (κ1) is 23.6. The van der Waals surface area contributed by atoms with Gasteiger partial charge >= 0.3 is 5.97 Å². The van der Waals surface area contributed by atoms with E-state index < -0.39 is 17.5 Å². The van der Waals surface area contributed by atoms with Gasteiger partial charge in [-0.25, -0.2) is 9.18 Å². The molecule has 7 heteroatoms. The lowest BCUT2D eigenvalue weighted by Gasteiger charge is -2.17. The van der Waals surface area contributed by atoms with Crippen molar-refractivity contribution in [3.8, 4) is 45.3 Å². The number of aromatic carboxylic acids is 1. The Kier molecular flexibility index (Phi) is 6.87. The minimum atomic E-state index is -1.13. The summed E-state index contributed by atoms with van der Waals surface area (Å²) in [5.41, 5.74) is 3.12. The molecule has 4 rings (SSSR count). The van der Waals surface area contributed by atoms with Gasteiger partial charge in [0.2, 0.25) is 0 Å². The summed E-state index contributed by atoms with van der Waals surface area (Å²) in [4.78, 5) is 12.0. The van der Waals surface area contributed by atoms with Gasteiger partial charge in [-0.3, -0.25) is 0 Å². The normalized spacial score (nSPS) is 10.6. The van der Waals surface area contributed by atoms with Crippen molar-refractivity contribution in [2.45, 2.75) is 6.61 Å². The Morgan fingerprint density at radius 3 is 1.97 bits per heavy atom. The van der Waals surface area contributed by atoms with Crippen LogP contribution in [-0.2, 0) is 6.61 Å². The molecule has 0 spiro atoms. The standard InChI is InChI=1S/C28H23FO6/c1-33-26-15-21(19-8-10-24(30)23(29)13-19)27(34-2)14-20(26)18-9-11-25(22(12-18)28(31)32)35-16-17-6-4-3-5-7-17/h3-15,30H,16H2,1-2H3,(H,31,32). The van der Waals surface area contributed by atoms with Gasteiger partial charge in [0.25, 0.3) is 0 Å². The monoisotopic (exact) mass is 474 g/mol. The van der Waals surface area contributed by atoms with Crippen LogP contribution in [0.1, 0.15) is 15.9 Å². The molecule has 4 aromatic carbocycles. The second kappa shape index (κ2) is 10.2. The molecular weight excluding hydrogens is 451 g/mol. The number of benzene rings is 4. The summed E-state index contributed by atoms with van der Waals surface area (Å²) < 4.78 is 30.9. The number of halogens is 1. The van der Waals surface area contributed by atoms with Gasteiger partial charge in [-0.2, -0.15) is 0 Å². The van der Waals surface area contributed by atoms with Gasteiger partial charge in [0.05, 0.1) is 14.2 Å². The molecule has 178 valence electrons. The van der Waals surface area contributed by atoms with Crippen LogP contribution in [0, 0.1) is 5.82 Å². The Hall–Kier alpha value is -4.52. The highest BCUT2D eigenvalue weighted by atomic mass is 19.1. The summed E-state index contributed by atoms with van der Waals surface area (Å²) in [6.45, 7) is 0.232. The molecule has 0 saturated heterocycles. The molecule has 0 bridgehead atoms. The van der Waals surface area contributed by atoms with E-state index in [1.807, 2.05) is 30.3 Å². The van der Waals surface area contributed by atoms with Crippen LogP contribution in [0.2, 0.25) is 0 Å². The average Bonchev–Trinajstić information content (AvgIpc) is 2.88. The number of carbonyl (C=O) groups is 1. The zero-order valence-electron chi connectivity index (χ0n) is 19.1. The smallest absolute Gasteiger partial charge is 0.339 e. The number of rotatable bonds is 8. The molecule has 0 aliphatic heterocycles. The second-order valence-corrected chi connectivity index (χ2v) is 7.71. The van der Waals surface area contributed by atoms with Crippen molar-refractivity contribution >= 4 is 5.97 Å². The number of hydrogen-bond acceptors (Lipinski definition) is 5. The van der Waals surface area contributed by atoms with E-state index in [9.17, 15) is 19.4 Å². The maximum Gasteiger partial charge on any atom is 0.339 e. The summed E-state index contributed by atoms with van der Waals surface area (Å²) >= 11 is 0. The number of aromatic hydroxyl groups is 1. The fourth-order valence-corrected chi connectivity index (χ4v) is 3.75. The number of ether oxygens (including phenoxy) is 3. The molecule has 0 aliphatic carbocycles. The van der Waals surface area contributed by atoms with Crippen molar-refractivity contribution < 1.29 is 33.6 Å². The molecule has 0 atom stereocenters. The Morgan fingerprint density at radius 2 is 1.40 bits per heavy atom. The topological polar surface area (TPSA) is 85.2 Å². The SMILES string of the molecule is COc1cc(-c2ccc(OCc3ccccc3)c(C(=O)O)c2)c(OC)cc1-c1ccc(O)c(F)c1. The van der Waals surface area contributed by atoms with Crippen molar-refractivity contribution in [2.75, 3.05) is 14.2 Å². The van der Waals surface area contributed by atoms with Crippen LogP contribution in [0.15, 0.2) is 78.9 Å². The van der Waals surface area contributed by atoms with Crippen LogP contribution in [0.25, 0.3) is 22.3 Å². The van der Waals surface area contributed by atoms with Gasteiger partial charge in [0, 0.05) is 11.1 Å². The lowest BCUT2D eigenvalue weighted by molar-refractivity contribution is 0.0691. The van der Waals surface area contributed by atoms with E-state index >= 15 is 0 Å². The summed E-state index contributed by atoms with van der Waals surface area (Å²) in [6, 6.07) is 21.7. The fourth-order valence-electron chi connectivity index (χ4n) is 3.75. The summed E-state index contributed by atoms with van der Waals surface area (Å²) in [7, 11) is 2.97.